The summed E-state index contributed by atoms with van der Waals surface area (Å²) in [5, 5.41) is 8.67. The largest absolute Gasteiger partial charge is 0.494 e. The molecule has 8 heteroatoms. The maximum absolute atomic E-state index is 12.4. The van der Waals surface area contributed by atoms with Crippen LogP contribution in [0.2, 0.25) is 0 Å². The second-order valence-electron chi connectivity index (χ2n) is 5.27. The van der Waals surface area contributed by atoms with Gasteiger partial charge < -0.3 is 9.84 Å². The van der Waals surface area contributed by atoms with Gasteiger partial charge >= 0.3 is 0 Å². The van der Waals surface area contributed by atoms with E-state index in [1.165, 1.54) is 0 Å². The molecule has 1 saturated heterocycles. The lowest BCUT2D eigenvalue weighted by molar-refractivity contribution is -0.123. The number of benzene rings is 1. The second-order valence-corrected chi connectivity index (χ2v) is 5.27. The first-order valence-electron chi connectivity index (χ1n) is 7.81. The Kier molecular flexibility index (Phi) is 6.28. The number of aliphatic hydroxyl groups excluding tert-OH is 1. The third kappa shape index (κ3) is 4.30. The number of aliphatic hydroxyl groups is 1. The zero-order valence-electron chi connectivity index (χ0n) is 13.4. The Morgan fingerprint density at radius 2 is 2.04 bits per heavy atom. The minimum atomic E-state index is -0.804. The van der Waals surface area contributed by atoms with Gasteiger partial charge in [0.1, 0.15) is 11.8 Å². The van der Waals surface area contributed by atoms with Crippen molar-refractivity contribution in [3.8, 4) is 5.75 Å². The minimum absolute atomic E-state index is 0.0354. The Morgan fingerprint density at radius 1 is 1.33 bits per heavy atom. The van der Waals surface area contributed by atoms with E-state index >= 15 is 0 Å². The van der Waals surface area contributed by atoms with Crippen LogP contribution in [0.1, 0.15) is 26.2 Å². The second kappa shape index (κ2) is 8.42. The van der Waals surface area contributed by atoms with E-state index in [0.717, 1.165) is 4.90 Å². The Bertz CT molecular complexity index is 602. The fourth-order valence-electron chi connectivity index (χ4n) is 2.34. The molecule has 0 aliphatic carbocycles. The smallest absolute Gasteiger partial charge is 0.253 e. The van der Waals surface area contributed by atoms with Crippen LogP contribution < -0.4 is 20.5 Å². The number of hydrogen-bond donors (Lipinski definition) is 3. The summed E-state index contributed by atoms with van der Waals surface area (Å²) in [5.41, 5.74) is 5.43. The number of anilines is 1. The van der Waals surface area contributed by atoms with Gasteiger partial charge in [0.2, 0.25) is 11.8 Å². The normalized spacial score (nSPS) is 17.2. The summed E-state index contributed by atoms with van der Waals surface area (Å²) >= 11 is 0. The lowest BCUT2D eigenvalue weighted by atomic mass is 10.2. The Labute approximate surface area is 139 Å². The van der Waals surface area contributed by atoms with Gasteiger partial charge in [0.15, 0.2) is 0 Å². The van der Waals surface area contributed by atoms with Crippen molar-refractivity contribution in [2.45, 2.75) is 32.2 Å². The summed E-state index contributed by atoms with van der Waals surface area (Å²) in [5.74, 6) is -0.451. The van der Waals surface area contributed by atoms with Gasteiger partial charge in [0.05, 0.1) is 18.7 Å². The van der Waals surface area contributed by atoms with Gasteiger partial charge in [-0.3, -0.25) is 19.8 Å². The number of ether oxygens (including phenoxy) is 1. The topological polar surface area (TPSA) is 108 Å². The SMILES string of the molecule is CCOc1ccc(N2C(=O)C[C@H](NNC(=O)CCCO)C2=O)cc1. The van der Waals surface area contributed by atoms with Crippen molar-refractivity contribution in [1.82, 2.24) is 10.9 Å². The first-order valence-corrected chi connectivity index (χ1v) is 7.81. The van der Waals surface area contributed by atoms with Gasteiger partial charge in [-0.25, -0.2) is 10.3 Å². The summed E-state index contributed by atoms with van der Waals surface area (Å²) in [6.45, 7) is 2.31. The maximum Gasteiger partial charge on any atom is 0.253 e. The number of rotatable bonds is 8. The number of nitrogens with one attached hydrogen (secondary N) is 2. The van der Waals surface area contributed by atoms with Gasteiger partial charge in [-0.15, -0.1) is 0 Å². The molecule has 1 aromatic carbocycles. The highest BCUT2D eigenvalue weighted by atomic mass is 16.5. The third-order valence-electron chi connectivity index (χ3n) is 3.50. The highest BCUT2D eigenvalue weighted by molar-refractivity contribution is 6.22. The van der Waals surface area contributed by atoms with E-state index in [2.05, 4.69) is 10.9 Å². The van der Waals surface area contributed by atoms with Gasteiger partial charge in [-0.1, -0.05) is 0 Å². The van der Waals surface area contributed by atoms with Crippen LogP contribution in [-0.4, -0.2) is 42.1 Å². The lowest BCUT2D eigenvalue weighted by Crippen LogP contribution is -2.48. The van der Waals surface area contributed by atoms with Crippen LogP contribution in [0.15, 0.2) is 24.3 Å². The van der Waals surface area contributed by atoms with Crippen molar-refractivity contribution in [2.24, 2.45) is 0 Å². The quantitative estimate of drug-likeness (QED) is 0.460. The van der Waals surface area contributed by atoms with Crippen LogP contribution in [-0.2, 0) is 14.4 Å². The Hall–Kier alpha value is -2.45. The molecule has 1 heterocycles. The van der Waals surface area contributed by atoms with Crippen LogP contribution in [0.4, 0.5) is 5.69 Å². The van der Waals surface area contributed by atoms with Crippen molar-refractivity contribution in [1.29, 1.82) is 0 Å². The van der Waals surface area contributed by atoms with E-state index in [-0.39, 0.29) is 31.3 Å². The molecule has 0 saturated carbocycles. The molecule has 0 bridgehead atoms. The molecule has 8 nitrogen and oxygen atoms in total. The first kappa shape index (κ1) is 17.9. The summed E-state index contributed by atoms with van der Waals surface area (Å²) in [6, 6.07) is 5.86. The van der Waals surface area contributed by atoms with E-state index in [4.69, 9.17) is 9.84 Å². The fraction of sp³-hybridized carbons (Fsp3) is 0.438. The first-order chi connectivity index (χ1) is 11.6. The summed E-state index contributed by atoms with van der Waals surface area (Å²) in [7, 11) is 0. The average molecular weight is 335 g/mol. The van der Waals surface area contributed by atoms with Gasteiger partial charge in [-0.2, -0.15) is 0 Å². The van der Waals surface area contributed by atoms with Crippen LogP contribution in [0, 0.1) is 0 Å². The standard InChI is InChI=1S/C16H21N3O5/c1-2-24-12-7-5-11(6-8-12)19-15(22)10-13(16(19)23)17-18-14(21)4-3-9-20/h5-8,13,17,20H,2-4,9-10H2,1H3,(H,18,21)/t13-/m0/s1. The van der Waals surface area contributed by atoms with Crippen molar-refractivity contribution in [2.75, 3.05) is 18.1 Å². The third-order valence-corrected chi connectivity index (χ3v) is 3.50. The molecule has 1 fully saturated rings. The van der Waals surface area contributed by atoms with Crippen LogP contribution in [0.5, 0.6) is 5.75 Å². The Balaban J connectivity index is 1.96. The highest BCUT2D eigenvalue weighted by Gasteiger charge is 2.39. The van der Waals surface area contributed by atoms with Crippen molar-refractivity contribution < 1.29 is 24.2 Å². The van der Waals surface area contributed by atoms with Crippen molar-refractivity contribution in [3.05, 3.63) is 24.3 Å². The molecule has 1 aliphatic rings. The molecule has 0 aromatic heterocycles. The number of nitrogens with zero attached hydrogens (tertiary/aromatic N) is 1. The average Bonchev–Trinajstić information content (AvgIpc) is 2.86. The molecule has 0 spiro atoms. The van der Waals surface area contributed by atoms with Gasteiger partial charge in [0.25, 0.3) is 5.91 Å². The molecule has 3 amide bonds. The molecular formula is C16H21N3O5. The van der Waals surface area contributed by atoms with E-state index in [1.54, 1.807) is 24.3 Å². The van der Waals surface area contributed by atoms with E-state index in [0.29, 0.717) is 24.5 Å². The predicted octanol–water partition coefficient (Wildman–Crippen LogP) is 0.110. The highest BCUT2D eigenvalue weighted by Crippen LogP contribution is 2.25. The molecular weight excluding hydrogens is 314 g/mol. The molecule has 0 unspecified atom stereocenters. The number of hydrogen-bond acceptors (Lipinski definition) is 6. The lowest BCUT2D eigenvalue weighted by Gasteiger charge is -2.16. The molecule has 1 atom stereocenters. The molecule has 24 heavy (non-hydrogen) atoms. The summed E-state index contributed by atoms with van der Waals surface area (Å²) in [6.07, 6.45) is 0.441. The summed E-state index contributed by atoms with van der Waals surface area (Å²) < 4.78 is 5.33. The van der Waals surface area contributed by atoms with Crippen LogP contribution in [0.3, 0.4) is 0 Å². The Morgan fingerprint density at radius 3 is 2.67 bits per heavy atom. The zero-order chi connectivity index (χ0) is 17.5. The van der Waals surface area contributed by atoms with E-state index in [1.807, 2.05) is 6.92 Å². The van der Waals surface area contributed by atoms with Gasteiger partial charge in [-0.05, 0) is 37.6 Å². The molecule has 1 aliphatic heterocycles. The molecule has 2 rings (SSSR count). The molecule has 130 valence electrons. The molecule has 1 aromatic rings. The number of imide groups is 1. The number of hydrazine groups is 1. The monoisotopic (exact) mass is 335 g/mol. The fourth-order valence-corrected chi connectivity index (χ4v) is 2.34. The van der Waals surface area contributed by atoms with Crippen LogP contribution >= 0.6 is 0 Å². The van der Waals surface area contributed by atoms with Gasteiger partial charge in [0, 0.05) is 13.0 Å². The van der Waals surface area contributed by atoms with E-state index in [9.17, 15) is 14.4 Å². The minimum Gasteiger partial charge on any atom is -0.494 e. The molecule has 3 N–H and O–H groups in total. The van der Waals surface area contributed by atoms with Crippen LogP contribution in [0.25, 0.3) is 0 Å². The number of carbonyl (C=O) groups excluding carboxylic acids is 3. The van der Waals surface area contributed by atoms with Crippen molar-refractivity contribution >= 4 is 23.4 Å². The zero-order valence-corrected chi connectivity index (χ0v) is 13.4. The maximum atomic E-state index is 12.4. The van der Waals surface area contributed by atoms with E-state index < -0.39 is 11.9 Å². The predicted molar refractivity (Wildman–Crippen MR) is 86.1 cm³/mol. The molecule has 0 radical (unpaired) electrons. The number of amides is 3. The number of carbonyl (C=O) groups is 3. The van der Waals surface area contributed by atoms with Crippen molar-refractivity contribution in [3.63, 3.8) is 0 Å². The summed E-state index contributed by atoms with van der Waals surface area (Å²) in [4.78, 5) is 37.1.